The maximum atomic E-state index is 13.2. The number of hydrogen-bond acceptors (Lipinski definition) is 2. The van der Waals surface area contributed by atoms with Gasteiger partial charge in [-0.15, -0.1) is 0 Å². The lowest BCUT2D eigenvalue weighted by Gasteiger charge is -2.27. The lowest BCUT2D eigenvalue weighted by molar-refractivity contribution is 0.0722. The summed E-state index contributed by atoms with van der Waals surface area (Å²) in [5.74, 6) is -0.180. The third kappa shape index (κ3) is 3.07. The maximum absolute atomic E-state index is 13.2. The number of piperidine rings is 1. The van der Waals surface area contributed by atoms with Gasteiger partial charge in [-0.1, -0.05) is 13.8 Å². The Balaban J connectivity index is 2.04. The van der Waals surface area contributed by atoms with Crippen LogP contribution in [0.2, 0.25) is 0 Å². The van der Waals surface area contributed by atoms with Crippen LogP contribution in [-0.2, 0) is 12.8 Å². The number of amides is 1. The Morgan fingerprint density at radius 3 is 2.33 bits per heavy atom. The van der Waals surface area contributed by atoms with Crippen LogP contribution in [0.15, 0.2) is 24.3 Å². The molecular formula is C19H24FN3O. The highest BCUT2D eigenvalue weighted by atomic mass is 19.1. The zero-order valence-electron chi connectivity index (χ0n) is 14.4. The summed E-state index contributed by atoms with van der Waals surface area (Å²) in [7, 11) is 0. The van der Waals surface area contributed by atoms with Crippen molar-refractivity contribution in [1.29, 1.82) is 0 Å². The number of carbonyl (C=O) groups is 1. The van der Waals surface area contributed by atoms with E-state index in [0.29, 0.717) is 12.8 Å². The summed E-state index contributed by atoms with van der Waals surface area (Å²) in [6, 6.07) is 6.26. The molecule has 2 heterocycles. The summed E-state index contributed by atoms with van der Waals surface area (Å²) in [4.78, 5) is 15.0. The van der Waals surface area contributed by atoms with Gasteiger partial charge in [0.05, 0.1) is 22.6 Å². The summed E-state index contributed by atoms with van der Waals surface area (Å²) >= 11 is 0. The first kappa shape index (κ1) is 16.7. The summed E-state index contributed by atoms with van der Waals surface area (Å²) in [5.41, 5.74) is 3.27. The fourth-order valence-corrected chi connectivity index (χ4v) is 3.38. The number of halogens is 1. The minimum absolute atomic E-state index is 0.0942. The van der Waals surface area contributed by atoms with Crippen LogP contribution in [0.3, 0.4) is 0 Å². The van der Waals surface area contributed by atoms with Crippen LogP contribution in [0.1, 0.15) is 54.9 Å². The molecule has 5 heteroatoms. The summed E-state index contributed by atoms with van der Waals surface area (Å²) in [6.07, 6.45) is 4.75. The van der Waals surface area contributed by atoms with Crippen LogP contribution < -0.4 is 0 Å². The van der Waals surface area contributed by atoms with E-state index in [2.05, 4.69) is 5.10 Å². The van der Waals surface area contributed by atoms with E-state index >= 15 is 0 Å². The Labute approximate surface area is 142 Å². The van der Waals surface area contributed by atoms with E-state index in [0.717, 1.165) is 48.6 Å². The first-order chi connectivity index (χ1) is 11.7. The molecule has 0 atom stereocenters. The van der Waals surface area contributed by atoms with Gasteiger partial charge in [0.15, 0.2) is 0 Å². The summed E-state index contributed by atoms with van der Waals surface area (Å²) in [5, 5.41) is 4.66. The standard InChI is InChI=1S/C19H24FN3O/c1-3-16-18(19(24)22-12-6-5-7-13-22)17(4-2)23(21-16)15-10-8-14(20)9-11-15/h8-11H,3-7,12-13H2,1-2H3. The molecule has 1 aliphatic rings. The third-order valence-corrected chi connectivity index (χ3v) is 4.65. The molecule has 0 bridgehead atoms. The second kappa shape index (κ2) is 7.16. The fourth-order valence-electron chi connectivity index (χ4n) is 3.38. The molecule has 0 radical (unpaired) electrons. The zero-order chi connectivity index (χ0) is 17.1. The number of rotatable bonds is 4. The SMILES string of the molecule is CCc1nn(-c2ccc(F)cc2)c(CC)c1C(=O)N1CCCCC1. The molecule has 0 spiro atoms. The average Bonchev–Trinajstić information content (AvgIpc) is 3.01. The minimum atomic E-state index is -0.274. The van der Waals surface area contributed by atoms with E-state index in [9.17, 15) is 9.18 Å². The first-order valence-corrected chi connectivity index (χ1v) is 8.81. The molecule has 0 aliphatic carbocycles. The normalized spacial score (nSPS) is 14.9. The van der Waals surface area contributed by atoms with Crippen LogP contribution in [0.25, 0.3) is 5.69 Å². The van der Waals surface area contributed by atoms with E-state index in [1.54, 1.807) is 16.8 Å². The predicted octanol–water partition coefficient (Wildman–Crippen LogP) is 3.76. The molecule has 2 aromatic rings. The lowest BCUT2D eigenvalue weighted by atomic mass is 10.0. The van der Waals surface area contributed by atoms with E-state index in [1.807, 2.05) is 18.7 Å². The Morgan fingerprint density at radius 1 is 1.08 bits per heavy atom. The van der Waals surface area contributed by atoms with Gasteiger partial charge < -0.3 is 4.90 Å². The number of aromatic nitrogens is 2. The van der Waals surface area contributed by atoms with Gasteiger partial charge >= 0.3 is 0 Å². The molecule has 4 nitrogen and oxygen atoms in total. The van der Waals surface area contributed by atoms with Crippen molar-refractivity contribution in [2.75, 3.05) is 13.1 Å². The van der Waals surface area contributed by atoms with E-state index in [-0.39, 0.29) is 11.7 Å². The van der Waals surface area contributed by atoms with Crippen molar-refractivity contribution >= 4 is 5.91 Å². The monoisotopic (exact) mass is 329 g/mol. The smallest absolute Gasteiger partial charge is 0.257 e. The molecule has 0 saturated carbocycles. The summed E-state index contributed by atoms with van der Waals surface area (Å²) < 4.78 is 15.0. The molecule has 1 aliphatic heterocycles. The van der Waals surface area contributed by atoms with Gasteiger partial charge in [-0.25, -0.2) is 9.07 Å². The molecular weight excluding hydrogens is 305 g/mol. The van der Waals surface area contributed by atoms with Crippen LogP contribution in [-0.4, -0.2) is 33.7 Å². The number of hydrogen-bond donors (Lipinski definition) is 0. The van der Waals surface area contributed by atoms with Crippen LogP contribution in [0, 0.1) is 5.82 Å². The van der Waals surface area contributed by atoms with Crippen LogP contribution >= 0.6 is 0 Å². The zero-order valence-corrected chi connectivity index (χ0v) is 14.4. The molecule has 24 heavy (non-hydrogen) atoms. The molecule has 1 amide bonds. The quantitative estimate of drug-likeness (QED) is 0.856. The average molecular weight is 329 g/mol. The number of benzene rings is 1. The van der Waals surface area contributed by atoms with Crippen molar-refractivity contribution < 1.29 is 9.18 Å². The summed E-state index contributed by atoms with van der Waals surface area (Å²) in [6.45, 7) is 5.70. The van der Waals surface area contributed by atoms with Gasteiger partial charge in [0.1, 0.15) is 5.82 Å². The minimum Gasteiger partial charge on any atom is -0.339 e. The van der Waals surface area contributed by atoms with Gasteiger partial charge in [-0.05, 0) is 56.4 Å². The molecule has 0 unspecified atom stereocenters. The van der Waals surface area contributed by atoms with Gasteiger partial charge in [0.2, 0.25) is 0 Å². The molecule has 1 aromatic carbocycles. The number of likely N-dealkylation sites (tertiary alicyclic amines) is 1. The molecule has 1 fully saturated rings. The van der Waals surface area contributed by atoms with E-state index in [4.69, 9.17) is 0 Å². The Kier molecular flexibility index (Phi) is 4.97. The first-order valence-electron chi connectivity index (χ1n) is 8.81. The molecule has 3 rings (SSSR count). The molecule has 0 N–H and O–H groups in total. The number of nitrogens with zero attached hydrogens (tertiary/aromatic N) is 3. The largest absolute Gasteiger partial charge is 0.339 e. The molecule has 128 valence electrons. The Morgan fingerprint density at radius 2 is 1.75 bits per heavy atom. The highest BCUT2D eigenvalue weighted by Gasteiger charge is 2.27. The highest BCUT2D eigenvalue weighted by molar-refractivity contribution is 5.96. The van der Waals surface area contributed by atoms with E-state index < -0.39 is 0 Å². The third-order valence-electron chi connectivity index (χ3n) is 4.65. The van der Waals surface area contributed by atoms with Crippen molar-refractivity contribution in [2.45, 2.75) is 46.0 Å². The fraction of sp³-hybridized carbons (Fsp3) is 0.474. The van der Waals surface area contributed by atoms with Gasteiger partial charge in [-0.2, -0.15) is 5.10 Å². The van der Waals surface area contributed by atoms with E-state index in [1.165, 1.54) is 18.6 Å². The predicted molar refractivity (Wildman–Crippen MR) is 92.0 cm³/mol. The topological polar surface area (TPSA) is 38.1 Å². The van der Waals surface area contributed by atoms with Crippen LogP contribution in [0.4, 0.5) is 4.39 Å². The highest BCUT2D eigenvalue weighted by Crippen LogP contribution is 2.24. The lowest BCUT2D eigenvalue weighted by Crippen LogP contribution is -2.36. The second-order valence-corrected chi connectivity index (χ2v) is 6.22. The van der Waals surface area contributed by atoms with Crippen molar-refractivity contribution in [2.24, 2.45) is 0 Å². The molecule has 1 saturated heterocycles. The van der Waals surface area contributed by atoms with Gasteiger partial charge in [0.25, 0.3) is 5.91 Å². The van der Waals surface area contributed by atoms with Gasteiger partial charge in [0, 0.05) is 13.1 Å². The number of carbonyl (C=O) groups excluding carboxylic acids is 1. The maximum Gasteiger partial charge on any atom is 0.257 e. The number of aryl methyl sites for hydroxylation is 1. The van der Waals surface area contributed by atoms with Crippen molar-refractivity contribution in [3.05, 3.63) is 47.0 Å². The van der Waals surface area contributed by atoms with Crippen molar-refractivity contribution in [1.82, 2.24) is 14.7 Å². The second-order valence-electron chi connectivity index (χ2n) is 6.22. The van der Waals surface area contributed by atoms with Crippen LogP contribution in [0.5, 0.6) is 0 Å². The van der Waals surface area contributed by atoms with Crippen molar-refractivity contribution in [3.63, 3.8) is 0 Å². The molecule has 1 aromatic heterocycles. The van der Waals surface area contributed by atoms with Crippen molar-refractivity contribution in [3.8, 4) is 5.69 Å². The Bertz CT molecular complexity index is 715. The Hall–Kier alpha value is -2.17. The van der Waals surface area contributed by atoms with Gasteiger partial charge in [-0.3, -0.25) is 4.79 Å².